The molecule has 2 heterocycles. The summed E-state index contributed by atoms with van der Waals surface area (Å²) in [6.07, 6.45) is 3.64. The van der Waals surface area contributed by atoms with Crippen LogP contribution >= 0.6 is 12.2 Å². The number of hydrazone groups is 1. The Bertz CT molecular complexity index is 1720. The van der Waals surface area contributed by atoms with Crippen LogP contribution in [0.5, 0.6) is 23.0 Å². The second-order valence-corrected chi connectivity index (χ2v) is 10.3. The highest BCUT2D eigenvalue weighted by Crippen LogP contribution is 2.38. The molecule has 1 aromatic heterocycles. The Kier molecular flexibility index (Phi) is 10.3. The van der Waals surface area contributed by atoms with Crippen LogP contribution in [-0.2, 0) is 4.74 Å². The Morgan fingerprint density at radius 2 is 1.96 bits per heavy atom. The number of nitro groups is 1. The maximum Gasteiger partial charge on any atom is 0.278 e. The van der Waals surface area contributed by atoms with Crippen molar-refractivity contribution in [3.63, 3.8) is 0 Å². The summed E-state index contributed by atoms with van der Waals surface area (Å²) in [5.74, 6) is 0.605. The van der Waals surface area contributed by atoms with Crippen molar-refractivity contribution in [3.05, 3.63) is 88.4 Å². The average Bonchev–Trinajstić information content (AvgIpc) is 3.04. The van der Waals surface area contributed by atoms with Gasteiger partial charge in [-0.05, 0) is 49.0 Å². The number of morpholine rings is 1. The highest BCUT2D eigenvalue weighted by molar-refractivity contribution is 7.80. The van der Waals surface area contributed by atoms with Crippen LogP contribution in [0.15, 0.2) is 72.0 Å². The molecular formula is C31H31FN6O6S. The lowest BCUT2D eigenvalue weighted by atomic mass is 10.1. The van der Waals surface area contributed by atoms with E-state index in [-0.39, 0.29) is 27.8 Å². The van der Waals surface area contributed by atoms with Crippen LogP contribution in [-0.4, -0.2) is 72.7 Å². The number of rotatable bonds is 12. The van der Waals surface area contributed by atoms with Gasteiger partial charge in [-0.1, -0.05) is 12.1 Å². The summed E-state index contributed by atoms with van der Waals surface area (Å²) >= 11 is 5.10. The lowest BCUT2D eigenvalue weighted by molar-refractivity contribution is -0.385. The van der Waals surface area contributed by atoms with Gasteiger partial charge in [0.05, 0.1) is 54.8 Å². The van der Waals surface area contributed by atoms with Crippen molar-refractivity contribution in [2.75, 3.05) is 51.6 Å². The molecule has 5 rings (SSSR count). The molecule has 0 bridgehead atoms. The quantitative estimate of drug-likeness (QED) is 0.0717. The maximum absolute atomic E-state index is 15.4. The molecule has 0 spiro atoms. The SMILES string of the molecule is COc1cc2c(Oc3ccc(N(/N=C/c4ccccc4[N+](=O)[O-])C(N)=S)cc3F)ccnc2cc1OCCCN1CCOCC1. The Hall–Kier alpha value is -4.92. The molecule has 0 unspecified atom stereocenters. The summed E-state index contributed by atoms with van der Waals surface area (Å²) in [7, 11) is 1.54. The van der Waals surface area contributed by atoms with E-state index in [2.05, 4.69) is 15.0 Å². The van der Waals surface area contributed by atoms with E-state index in [1.165, 1.54) is 30.5 Å². The number of halogens is 1. The van der Waals surface area contributed by atoms with Crippen molar-refractivity contribution in [1.29, 1.82) is 0 Å². The minimum Gasteiger partial charge on any atom is -0.493 e. The van der Waals surface area contributed by atoms with Gasteiger partial charge in [0.1, 0.15) is 5.75 Å². The van der Waals surface area contributed by atoms with Crippen LogP contribution in [0.2, 0.25) is 0 Å². The summed E-state index contributed by atoms with van der Waals surface area (Å²) in [5.41, 5.74) is 6.69. The first kappa shape index (κ1) is 31.5. The summed E-state index contributed by atoms with van der Waals surface area (Å²) in [4.78, 5) is 17.6. The van der Waals surface area contributed by atoms with Crippen LogP contribution in [0, 0.1) is 15.9 Å². The van der Waals surface area contributed by atoms with E-state index in [9.17, 15) is 10.1 Å². The summed E-state index contributed by atoms with van der Waals surface area (Å²) in [6.45, 7) is 4.76. The number of fused-ring (bicyclic) bond motifs is 1. The number of aromatic nitrogens is 1. The van der Waals surface area contributed by atoms with Crippen LogP contribution < -0.4 is 25.0 Å². The molecule has 0 atom stereocenters. The minimum absolute atomic E-state index is 0.0702. The molecular weight excluding hydrogens is 603 g/mol. The minimum atomic E-state index is -0.716. The molecule has 1 saturated heterocycles. The van der Waals surface area contributed by atoms with E-state index in [0.717, 1.165) is 50.3 Å². The van der Waals surface area contributed by atoms with Gasteiger partial charge >= 0.3 is 0 Å². The largest absolute Gasteiger partial charge is 0.493 e. The van der Waals surface area contributed by atoms with Crippen molar-refractivity contribution in [1.82, 2.24) is 9.88 Å². The first-order valence-electron chi connectivity index (χ1n) is 14.1. The zero-order valence-electron chi connectivity index (χ0n) is 24.4. The smallest absolute Gasteiger partial charge is 0.278 e. The van der Waals surface area contributed by atoms with Gasteiger partial charge in [-0.3, -0.25) is 20.0 Å². The number of para-hydroxylation sites is 1. The Morgan fingerprint density at radius 3 is 2.69 bits per heavy atom. The average molecular weight is 635 g/mol. The normalized spacial score (nSPS) is 13.6. The second-order valence-electron chi connectivity index (χ2n) is 9.91. The number of methoxy groups -OCH3 is 1. The molecule has 0 radical (unpaired) electrons. The molecule has 12 nitrogen and oxygen atoms in total. The van der Waals surface area contributed by atoms with E-state index in [1.54, 1.807) is 43.6 Å². The molecule has 1 fully saturated rings. The third-order valence-electron chi connectivity index (χ3n) is 7.00. The molecule has 45 heavy (non-hydrogen) atoms. The number of pyridine rings is 1. The Labute approximate surface area is 263 Å². The molecule has 4 aromatic rings. The van der Waals surface area contributed by atoms with Crippen molar-refractivity contribution < 1.29 is 28.3 Å². The zero-order chi connectivity index (χ0) is 31.8. The van der Waals surface area contributed by atoms with E-state index in [0.29, 0.717) is 34.8 Å². The van der Waals surface area contributed by atoms with E-state index >= 15 is 4.39 Å². The zero-order valence-corrected chi connectivity index (χ0v) is 25.2. The molecule has 3 aromatic carbocycles. The first-order chi connectivity index (χ1) is 21.8. The van der Waals surface area contributed by atoms with Gasteiger partial charge in [0, 0.05) is 49.4 Å². The van der Waals surface area contributed by atoms with Crippen LogP contribution in [0.3, 0.4) is 0 Å². The highest BCUT2D eigenvalue weighted by atomic mass is 32.1. The van der Waals surface area contributed by atoms with Gasteiger partial charge in [-0.15, -0.1) is 0 Å². The number of hydrogen-bond acceptors (Lipinski definition) is 10. The summed E-state index contributed by atoms with van der Waals surface area (Å²) in [6, 6.07) is 15.2. The van der Waals surface area contributed by atoms with E-state index in [1.807, 2.05) is 0 Å². The first-order valence-corrected chi connectivity index (χ1v) is 14.5. The number of thiocarbonyl (C=S) groups is 1. The molecule has 0 amide bonds. The lowest BCUT2D eigenvalue weighted by Gasteiger charge is -2.26. The molecule has 1 aliphatic heterocycles. The summed E-state index contributed by atoms with van der Waals surface area (Å²) in [5, 5.41) is 17.0. The van der Waals surface area contributed by atoms with Gasteiger partial charge < -0.3 is 24.7 Å². The summed E-state index contributed by atoms with van der Waals surface area (Å²) < 4.78 is 38.3. The molecule has 0 aliphatic carbocycles. The van der Waals surface area contributed by atoms with Crippen LogP contribution in [0.4, 0.5) is 15.8 Å². The van der Waals surface area contributed by atoms with Crippen molar-refractivity contribution >= 4 is 45.8 Å². The molecule has 234 valence electrons. The van der Waals surface area contributed by atoms with Gasteiger partial charge in [-0.2, -0.15) is 5.10 Å². The number of nitrogens with zero attached hydrogens (tertiary/aromatic N) is 5. The van der Waals surface area contributed by atoms with Crippen LogP contribution in [0.1, 0.15) is 12.0 Å². The van der Waals surface area contributed by atoms with Crippen LogP contribution in [0.25, 0.3) is 10.9 Å². The monoisotopic (exact) mass is 634 g/mol. The third kappa shape index (κ3) is 7.78. The lowest BCUT2D eigenvalue weighted by Crippen LogP contribution is -2.37. The Balaban J connectivity index is 1.32. The number of ether oxygens (including phenoxy) is 4. The fraction of sp³-hybridized carbons (Fsp3) is 0.258. The fourth-order valence-electron chi connectivity index (χ4n) is 4.74. The second kappa shape index (κ2) is 14.7. The number of hydrogen-bond donors (Lipinski definition) is 1. The third-order valence-corrected chi connectivity index (χ3v) is 7.17. The van der Waals surface area contributed by atoms with Gasteiger partial charge in [0.2, 0.25) is 0 Å². The molecule has 0 saturated carbocycles. The predicted molar refractivity (Wildman–Crippen MR) is 172 cm³/mol. The van der Waals surface area contributed by atoms with Crippen molar-refractivity contribution in [2.45, 2.75) is 6.42 Å². The van der Waals surface area contributed by atoms with Gasteiger partial charge in [-0.25, -0.2) is 9.40 Å². The number of nitrogens with two attached hydrogens (primary N) is 1. The fourth-order valence-corrected chi connectivity index (χ4v) is 4.89. The number of nitro benzene ring substituents is 1. The number of benzene rings is 3. The molecule has 14 heteroatoms. The topological polar surface area (TPSA) is 138 Å². The standard InChI is InChI=1S/C31H31FN6O6S/c1-41-29-18-23-25(19-30(29)43-14-4-11-36-12-15-42-16-13-36)34-10-9-27(23)44-28-8-7-22(17-24(28)32)37(31(33)45)35-20-21-5-2-3-6-26(21)38(39)40/h2-3,5-10,17-20H,4,11-16H2,1H3,(H2,33,45)/b35-20+. The van der Waals surface area contributed by atoms with Gasteiger partial charge in [0.25, 0.3) is 5.69 Å². The molecule has 2 N–H and O–H groups in total. The van der Waals surface area contributed by atoms with Crippen molar-refractivity contribution in [2.24, 2.45) is 10.8 Å². The number of anilines is 1. The van der Waals surface area contributed by atoms with E-state index in [4.69, 9.17) is 36.9 Å². The predicted octanol–water partition coefficient (Wildman–Crippen LogP) is 5.27. The Morgan fingerprint density at radius 1 is 1.16 bits per heavy atom. The van der Waals surface area contributed by atoms with E-state index < -0.39 is 10.7 Å². The van der Waals surface area contributed by atoms with Gasteiger partial charge in [0.15, 0.2) is 28.2 Å². The van der Waals surface area contributed by atoms with Crippen molar-refractivity contribution in [3.8, 4) is 23.0 Å². The highest BCUT2D eigenvalue weighted by Gasteiger charge is 2.17. The molecule has 1 aliphatic rings. The maximum atomic E-state index is 15.4.